The molecule has 1 N–H and O–H groups in total. The predicted octanol–water partition coefficient (Wildman–Crippen LogP) is 4.31. The predicted molar refractivity (Wildman–Crippen MR) is 125 cm³/mol. The van der Waals surface area contributed by atoms with Crippen LogP contribution in [0.5, 0.6) is 0 Å². The maximum atomic E-state index is 13.5. The van der Waals surface area contributed by atoms with Gasteiger partial charge >= 0.3 is 0 Å². The largest absolute Gasteiger partial charge is 0.354 e. The third-order valence-corrected chi connectivity index (χ3v) is 9.56. The van der Waals surface area contributed by atoms with Gasteiger partial charge in [0.2, 0.25) is 5.91 Å². The first-order chi connectivity index (χ1) is 14.8. The van der Waals surface area contributed by atoms with Crippen LogP contribution in [0.2, 0.25) is 0 Å². The van der Waals surface area contributed by atoms with Gasteiger partial charge in [0.15, 0.2) is 14.6 Å². The molecular formula is C24H28N2O3S2. The standard InChI is InChI=1S/C24H28N2O3S2/c1-18-9-10-22(15-19(18)2)31(28,29)24(11-5-6-12-24)23(27)26-13-14-30-17-21-8-4-3-7-20(21)16-25/h3-4,7-10,15H,5-6,11-14,17H2,1-2H3,(H,26,27). The van der Waals surface area contributed by atoms with Crippen LogP contribution < -0.4 is 5.32 Å². The molecule has 1 aliphatic rings. The van der Waals surface area contributed by atoms with Crippen molar-refractivity contribution < 1.29 is 13.2 Å². The van der Waals surface area contributed by atoms with Crippen molar-refractivity contribution in [2.45, 2.75) is 54.9 Å². The van der Waals surface area contributed by atoms with Gasteiger partial charge in [0.05, 0.1) is 16.5 Å². The highest BCUT2D eigenvalue weighted by Crippen LogP contribution is 2.41. The average molecular weight is 457 g/mol. The number of benzene rings is 2. The third kappa shape index (κ3) is 4.81. The minimum absolute atomic E-state index is 0.232. The van der Waals surface area contributed by atoms with Crippen molar-refractivity contribution in [3.63, 3.8) is 0 Å². The fourth-order valence-corrected chi connectivity index (χ4v) is 7.04. The third-order valence-electron chi connectivity index (χ3n) is 6.06. The van der Waals surface area contributed by atoms with E-state index in [0.29, 0.717) is 36.5 Å². The summed E-state index contributed by atoms with van der Waals surface area (Å²) in [4.78, 5) is 13.4. The number of nitrogens with one attached hydrogen (secondary N) is 1. The zero-order chi connectivity index (χ0) is 22.5. The molecule has 0 saturated heterocycles. The molecule has 0 unspecified atom stereocenters. The van der Waals surface area contributed by atoms with E-state index in [-0.39, 0.29) is 10.8 Å². The molecule has 5 nitrogen and oxygen atoms in total. The molecule has 2 aromatic rings. The number of sulfone groups is 1. The number of carbonyl (C=O) groups is 1. The molecule has 1 saturated carbocycles. The van der Waals surface area contributed by atoms with Gasteiger partial charge in [0.25, 0.3) is 0 Å². The normalized spacial score (nSPS) is 15.4. The van der Waals surface area contributed by atoms with E-state index in [2.05, 4.69) is 11.4 Å². The molecule has 31 heavy (non-hydrogen) atoms. The fraction of sp³-hybridized carbons (Fsp3) is 0.417. The van der Waals surface area contributed by atoms with Gasteiger partial charge in [0, 0.05) is 18.1 Å². The van der Waals surface area contributed by atoms with Crippen molar-refractivity contribution in [3.05, 3.63) is 64.7 Å². The Morgan fingerprint density at radius 2 is 1.84 bits per heavy atom. The summed E-state index contributed by atoms with van der Waals surface area (Å²) in [6, 6.07) is 14.7. The van der Waals surface area contributed by atoms with Crippen LogP contribution in [0, 0.1) is 25.2 Å². The topological polar surface area (TPSA) is 87.0 Å². The number of nitriles is 1. The number of nitrogens with zero attached hydrogens (tertiary/aromatic N) is 1. The Hall–Kier alpha value is -2.30. The lowest BCUT2D eigenvalue weighted by Gasteiger charge is -2.28. The molecule has 7 heteroatoms. The van der Waals surface area contributed by atoms with Crippen molar-refractivity contribution >= 4 is 27.5 Å². The first-order valence-corrected chi connectivity index (χ1v) is 13.1. The summed E-state index contributed by atoms with van der Waals surface area (Å²) in [7, 11) is -3.79. The molecule has 0 heterocycles. The Balaban J connectivity index is 1.65. The van der Waals surface area contributed by atoms with Gasteiger partial charge in [0.1, 0.15) is 0 Å². The van der Waals surface area contributed by atoms with E-state index in [4.69, 9.17) is 0 Å². The molecule has 1 fully saturated rings. The summed E-state index contributed by atoms with van der Waals surface area (Å²) < 4.78 is 25.6. The number of aryl methyl sites for hydroxylation is 2. The fourth-order valence-electron chi connectivity index (χ4n) is 4.01. The molecular weight excluding hydrogens is 428 g/mol. The summed E-state index contributed by atoms with van der Waals surface area (Å²) in [6.07, 6.45) is 2.18. The molecule has 3 rings (SSSR count). The van der Waals surface area contributed by atoms with Gasteiger partial charge in [-0.3, -0.25) is 4.79 Å². The molecule has 0 aromatic heterocycles. The first-order valence-electron chi connectivity index (χ1n) is 10.5. The molecule has 0 aliphatic heterocycles. The molecule has 0 atom stereocenters. The van der Waals surface area contributed by atoms with Crippen LogP contribution in [-0.2, 0) is 20.4 Å². The number of amides is 1. The van der Waals surface area contributed by atoms with E-state index in [0.717, 1.165) is 29.5 Å². The summed E-state index contributed by atoms with van der Waals surface area (Å²) in [5.74, 6) is 0.929. The number of hydrogen-bond donors (Lipinski definition) is 1. The van der Waals surface area contributed by atoms with Crippen LogP contribution >= 0.6 is 11.8 Å². The molecule has 1 aliphatic carbocycles. The van der Waals surface area contributed by atoms with Gasteiger partial charge in [-0.1, -0.05) is 37.1 Å². The van der Waals surface area contributed by atoms with Crippen molar-refractivity contribution in [2.75, 3.05) is 12.3 Å². The number of carbonyl (C=O) groups excluding carboxylic acids is 1. The first kappa shape index (κ1) is 23.4. The van der Waals surface area contributed by atoms with Gasteiger partial charge in [-0.25, -0.2) is 8.42 Å². The van der Waals surface area contributed by atoms with Gasteiger partial charge in [-0.15, -0.1) is 0 Å². The SMILES string of the molecule is Cc1ccc(S(=O)(=O)C2(C(=O)NCCSCc3ccccc3C#N)CCCC2)cc1C. The maximum Gasteiger partial charge on any atom is 0.241 e. The lowest BCUT2D eigenvalue weighted by atomic mass is 10.1. The van der Waals surface area contributed by atoms with Crippen molar-refractivity contribution in [1.29, 1.82) is 5.26 Å². The van der Waals surface area contributed by atoms with E-state index < -0.39 is 14.6 Å². The second-order valence-corrected chi connectivity index (χ2v) is 11.4. The maximum absolute atomic E-state index is 13.5. The van der Waals surface area contributed by atoms with E-state index in [1.165, 1.54) is 0 Å². The lowest BCUT2D eigenvalue weighted by Crippen LogP contribution is -2.51. The van der Waals surface area contributed by atoms with Crippen LogP contribution in [0.1, 0.15) is 47.9 Å². The van der Waals surface area contributed by atoms with E-state index >= 15 is 0 Å². The smallest absolute Gasteiger partial charge is 0.241 e. The Morgan fingerprint density at radius 3 is 2.52 bits per heavy atom. The van der Waals surface area contributed by atoms with Crippen molar-refractivity contribution in [1.82, 2.24) is 5.32 Å². The summed E-state index contributed by atoms with van der Waals surface area (Å²) >= 11 is 1.61. The highest BCUT2D eigenvalue weighted by molar-refractivity contribution is 7.98. The molecule has 1 amide bonds. The quantitative estimate of drug-likeness (QED) is 0.598. The van der Waals surface area contributed by atoms with Crippen molar-refractivity contribution in [3.8, 4) is 6.07 Å². The average Bonchev–Trinajstić information content (AvgIpc) is 3.27. The Labute approximate surface area is 189 Å². The highest BCUT2D eigenvalue weighted by atomic mass is 32.2. The zero-order valence-electron chi connectivity index (χ0n) is 18.0. The summed E-state index contributed by atoms with van der Waals surface area (Å²) in [5.41, 5.74) is 3.55. The van der Waals surface area contributed by atoms with Crippen LogP contribution in [0.15, 0.2) is 47.4 Å². The van der Waals surface area contributed by atoms with Gasteiger partial charge < -0.3 is 5.32 Å². The van der Waals surface area contributed by atoms with E-state index in [9.17, 15) is 18.5 Å². The summed E-state index contributed by atoms with van der Waals surface area (Å²) in [6.45, 7) is 4.22. The van der Waals surface area contributed by atoms with Crippen LogP contribution in [0.25, 0.3) is 0 Å². The van der Waals surface area contributed by atoms with E-state index in [1.807, 2.05) is 32.0 Å². The number of thioether (sulfide) groups is 1. The van der Waals surface area contributed by atoms with Crippen LogP contribution in [0.4, 0.5) is 0 Å². The summed E-state index contributed by atoms with van der Waals surface area (Å²) in [5, 5.41) is 12.1. The molecule has 0 spiro atoms. The van der Waals surface area contributed by atoms with Crippen LogP contribution in [-0.4, -0.2) is 31.4 Å². The highest BCUT2D eigenvalue weighted by Gasteiger charge is 2.52. The Bertz CT molecular complexity index is 1100. The second-order valence-electron chi connectivity index (χ2n) is 8.03. The lowest BCUT2D eigenvalue weighted by molar-refractivity contribution is -0.123. The van der Waals surface area contributed by atoms with Crippen molar-refractivity contribution in [2.24, 2.45) is 0 Å². The Morgan fingerprint density at radius 1 is 1.13 bits per heavy atom. The second kappa shape index (κ2) is 9.88. The van der Waals surface area contributed by atoms with Gasteiger partial charge in [-0.05, 0) is 61.6 Å². The molecule has 2 aromatic carbocycles. The number of hydrogen-bond acceptors (Lipinski definition) is 5. The van der Waals surface area contributed by atoms with E-state index in [1.54, 1.807) is 36.0 Å². The molecule has 0 bridgehead atoms. The number of rotatable bonds is 8. The monoisotopic (exact) mass is 456 g/mol. The minimum Gasteiger partial charge on any atom is -0.354 e. The molecule has 0 radical (unpaired) electrons. The van der Waals surface area contributed by atoms with Crippen LogP contribution in [0.3, 0.4) is 0 Å². The molecule has 164 valence electrons. The minimum atomic E-state index is -3.79. The Kier molecular flexibility index (Phi) is 7.45. The zero-order valence-corrected chi connectivity index (χ0v) is 19.6. The van der Waals surface area contributed by atoms with Gasteiger partial charge in [-0.2, -0.15) is 17.0 Å².